The summed E-state index contributed by atoms with van der Waals surface area (Å²) >= 11 is 6.33. The summed E-state index contributed by atoms with van der Waals surface area (Å²) < 4.78 is 5.52. The Balaban J connectivity index is 2.38. The van der Waals surface area contributed by atoms with Crippen LogP contribution in [0.2, 0.25) is 0 Å². The molecule has 1 atom stereocenters. The third-order valence-corrected chi connectivity index (χ3v) is 4.74. The molecule has 1 aliphatic rings. The van der Waals surface area contributed by atoms with Crippen LogP contribution in [-0.2, 0) is 9.59 Å². The summed E-state index contributed by atoms with van der Waals surface area (Å²) in [5.74, 6) is -1.06. The Kier molecular flexibility index (Phi) is 5.43. The average molecular weight is 351 g/mol. The lowest BCUT2D eigenvalue weighted by atomic mass is 10.0. The highest BCUT2D eigenvalue weighted by atomic mass is 32.2. The second-order valence-electron chi connectivity index (χ2n) is 5.32. The molecule has 1 heterocycles. The van der Waals surface area contributed by atoms with Crippen LogP contribution in [-0.4, -0.2) is 39.4 Å². The smallest absolute Gasteiger partial charge is 0.327 e. The minimum absolute atomic E-state index is 0.249. The quantitative estimate of drug-likeness (QED) is 0.650. The molecule has 0 spiro atoms. The average Bonchev–Trinajstić information content (AvgIpc) is 2.75. The molecule has 5 nitrogen and oxygen atoms in total. The van der Waals surface area contributed by atoms with Crippen molar-refractivity contribution in [3.05, 3.63) is 34.7 Å². The summed E-state index contributed by atoms with van der Waals surface area (Å²) in [6.45, 7) is 3.50. The lowest BCUT2D eigenvalue weighted by molar-refractivity contribution is -0.146. The number of thioether (sulfide) groups is 1. The number of carboxylic acid groups (broad SMARTS) is 1. The van der Waals surface area contributed by atoms with Crippen LogP contribution in [0.5, 0.6) is 5.75 Å². The van der Waals surface area contributed by atoms with Gasteiger partial charge in [-0.25, -0.2) is 4.79 Å². The number of thiocarbonyl (C=S) groups is 1. The van der Waals surface area contributed by atoms with E-state index in [9.17, 15) is 14.7 Å². The number of carbonyl (C=O) groups excluding carboxylic acids is 1. The van der Waals surface area contributed by atoms with Crippen LogP contribution in [0.15, 0.2) is 29.2 Å². The fraction of sp³-hybridized carbons (Fsp3) is 0.312. The van der Waals surface area contributed by atoms with Gasteiger partial charge in [-0.2, -0.15) is 0 Å². The van der Waals surface area contributed by atoms with Crippen molar-refractivity contribution in [2.45, 2.75) is 19.9 Å². The Bertz CT molecular complexity index is 684. The predicted octanol–water partition coefficient (Wildman–Crippen LogP) is 3.01. The van der Waals surface area contributed by atoms with Crippen LogP contribution in [0.4, 0.5) is 0 Å². The molecule has 122 valence electrons. The van der Waals surface area contributed by atoms with Crippen molar-refractivity contribution in [3.8, 4) is 5.75 Å². The van der Waals surface area contributed by atoms with E-state index >= 15 is 0 Å². The molecule has 0 aliphatic carbocycles. The van der Waals surface area contributed by atoms with Crippen molar-refractivity contribution in [3.63, 3.8) is 0 Å². The first-order valence-corrected chi connectivity index (χ1v) is 8.22. The first-order chi connectivity index (χ1) is 10.9. The zero-order valence-electron chi connectivity index (χ0n) is 13.0. The summed E-state index contributed by atoms with van der Waals surface area (Å²) in [6.07, 6.45) is 1.68. The minimum Gasteiger partial charge on any atom is -0.496 e. The number of amides is 1. The SMILES string of the molecule is COc1ccccc1C=C1SC(=S)N(C(C(=O)O)C(C)C)C1=O. The van der Waals surface area contributed by atoms with Crippen LogP contribution < -0.4 is 4.74 Å². The predicted molar refractivity (Wildman–Crippen MR) is 94.3 cm³/mol. The molecule has 1 amide bonds. The molecule has 0 aromatic heterocycles. The molecule has 23 heavy (non-hydrogen) atoms. The van der Waals surface area contributed by atoms with Crippen molar-refractivity contribution in [2.75, 3.05) is 7.11 Å². The third-order valence-electron chi connectivity index (χ3n) is 3.41. The van der Waals surface area contributed by atoms with Gasteiger partial charge in [0.25, 0.3) is 5.91 Å². The van der Waals surface area contributed by atoms with E-state index in [0.717, 1.165) is 17.3 Å². The lowest BCUT2D eigenvalue weighted by Gasteiger charge is -2.26. The Hall–Kier alpha value is -1.86. The number of nitrogens with zero attached hydrogens (tertiary/aromatic N) is 1. The van der Waals surface area contributed by atoms with Gasteiger partial charge >= 0.3 is 5.97 Å². The van der Waals surface area contributed by atoms with E-state index in [2.05, 4.69) is 0 Å². The summed E-state index contributed by atoms with van der Waals surface area (Å²) in [4.78, 5) is 25.7. The first-order valence-electron chi connectivity index (χ1n) is 6.99. The zero-order valence-corrected chi connectivity index (χ0v) is 14.6. The third kappa shape index (κ3) is 3.56. The van der Waals surface area contributed by atoms with Gasteiger partial charge in [0.1, 0.15) is 16.1 Å². The number of carboxylic acids is 1. The van der Waals surface area contributed by atoms with E-state index in [1.807, 2.05) is 18.2 Å². The number of ether oxygens (including phenoxy) is 1. The molecule has 1 N–H and O–H groups in total. The fourth-order valence-electron chi connectivity index (χ4n) is 2.34. The molecule has 1 saturated heterocycles. The Morgan fingerprint density at radius 3 is 2.61 bits per heavy atom. The van der Waals surface area contributed by atoms with Crippen molar-refractivity contribution in [1.29, 1.82) is 0 Å². The standard InChI is InChI=1S/C16H17NO4S2/c1-9(2)13(15(19)20)17-14(18)12(23-16(17)22)8-10-6-4-5-7-11(10)21-3/h4-9,13H,1-3H3,(H,19,20). The van der Waals surface area contributed by atoms with E-state index in [1.54, 1.807) is 33.1 Å². The second-order valence-corrected chi connectivity index (χ2v) is 7.00. The molecule has 0 bridgehead atoms. The Labute approximate surface area is 144 Å². The molecular weight excluding hydrogens is 334 g/mol. The summed E-state index contributed by atoms with van der Waals surface area (Å²) in [6, 6.07) is 6.32. The molecule has 0 saturated carbocycles. The second kappa shape index (κ2) is 7.14. The van der Waals surface area contributed by atoms with Crippen molar-refractivity contribution >= 4 is 46.3 Å². The van der Waals surface area contributed by atoms with Crippen molar-refractivity contribution in [2.24, 2.45) is 5.92 Å². The van der Waals surface area contributed by atoms with Gasteiger partial charge in [-0.15, -0.1) is 0 Å². The molecule has 1 fully saturated rings. The molecule has 7 heteroatoms. The Morgan fingerprint density at radius 1 is 1.39 bits per heavy atom. The van der Waals surface area contributed by atoms with E-state index in [1.165, 1.54) is 4.90 Å². The van der Waals surface area contributed by atoms with Crippen LogP contribution in [0.3, 0.4) is 0 Å². The van der Waals surface area contributed by atoms with Crippen LogP contribution >= 0.6 is 24.0 Å². The van der Waals surface area contributed by atoms with Gasteiger partial charge in [-0.3, -0.25) is 9.69 Å². The zero-order chi connectivity index (χ0) is 17.1. The van der Waals surface area contributed by atoms with Gasteiger partial charge in [0.2, 0.25) is 0 Å². The highest BCUT2D eigenvalue weighted by molar-refractivity contribution is 8.26. The van der Waals surface area contributed by atoms with Crippen molar-refractivity contribution < 1.29 is 19.4 Å². The lowest BCUT2D eigenvalue weighted by Crippen LogP contribution is -2.47. The Morgan fingerprint density at radius 2 is 2.04 bits per heavy atom. The van der Waals surface area contributed by atoms with Gasteiger partial charge in [0.15, 0.2) is 0 Å². The first kappa shape index (κ1) is 17.5. The highest BCUT2D eigenvalue weighted by Gasteiger charge is 2.41. The van der Waals surface area contributed by atoms with E-state index in [-0.39, 0.29) is 16.1 Å². The topological polar surface area (TPSA) is 66.8 Å². The maximum absolute atomic E-state index is 12.6. The number of aliphatic carboxylic acids is 1. The molecule has 2 rings (SSSR count). The number of hydrogen-bond donors (Lipinski definition) is 1. The molecule has 0 radical (unpaired) electrons. The van der Waals surface area contributed by atoms with Gasteiger partial charge in [-0.05, 0) is 18.1 Å². The van der Waals surface area contributed by atoms with Gasteiger partial charge in [0, 0.05) is 5.56 Å². The maximum Gasteiger partial charge on any atom is 0.327 e. The number of hydrogen-bond acceptors (Lipinski definition) is 5. The number of para-hydroxylation sites is 1. The largest absolute Gasteiger partial charge is 0.496 e. The van der Waals surface area contributed by atoms with Crippen LogP contribution in [0, 0.1) is 5.92 Å². The van der Waals surface area contributed by atoms with Gasteiger partial charge < -0.3 is 9.84 Å². The summed E-state index contributed by atoms with van der Waals surface area (Å²) in [5, 5.41) is 9.40. The summed E-state index contributed by atoms with van der Waals surface area (Å²) in [7, 11) is 1.55. The molecule has 1 unspecified atom stereocenters. The molecular formula is C16H17NO4S2. The van der Waals surface area contributed by atoms with Gasteiger partial charge in [-0.1, -0.05) is 56.0 Å². The van der Waals surface area contributed by atoms with E-state index < -0.39 is 12.0 Å². The number of benzene rings is 1. The van der Waals surface area contributed by atoms with Crippen LogP contribution in [0.1, 0.15) is 19.4 Å². The minimum atomic E-state index is -1.06. The molecule has 1 aromatic carbocycles. The van der Waals surface area contributed by atoms with Crippen molar-refractivity contribution in [1.82, 2.24) is 4.90 Å². The number of rotatable bonds is 5. The van der Waals surface area contributed by atoms with E-state index in [0.29, 0.717) is 10.7 Å². The normalized spacial score (nSPS) is 17.9. The molecule has 1 aromatic rings. The van der Waals surface area contributed by atoms with Crippen LogP contribution in [0.25, 0.3) is 6.08 Å². The fourth-order valence-corrected chi connectivity index (χ4v) is 3.66. The summed E-state index contributed by atoms with van der Waals surface area (Å²) in [5.41, 5.74) is 0.743. The number of carbonyl (C=O) groups is 2. The highest BCUT2D eigenvalue weighted by Crippen LogP contribution is 2.36. The number of methoxy groups -OCH3 is 1. The monoisotopic (exact) mass is 351 g/mol. The maximum atomic E-state index is 12.6. The van der Waals surface area contributed by atoms with E-state index in [4.69, 9.17) is 17.0 Å². The van der Waals surface area contributed by atoms with Gasteiger partial charge in [0.05, 0.1) is 12.0 Å². The molecule has 1 aliphatic heterocycles.